The molecule has 8 aromatic carbocycles. The monoisotopic (exact) mass is 690 g/mol. The largest absolute Gasteiger partial charge is 0.440 e. The lowest BCUT2D eigenvalue weighted by Gasteiger charge is -2.22. The number of hydrogen-bond donors (Lipinski definition) is 0. The number of hydrogen-bond acceptors (Lipinski definition) is 4. The van der Waals surface area contributed by atoms with Crippen LogP contribution in [0, 0.1) is 27.7 Å². The normalized spacial score (nSPS) is 11.8. The van der Waals surface area contributed by atoms with Gasteiger partial charge in [-0.05, 0) is 107 Å². The van der Waals surface area contributed by atoms with Crippen molar-refractivity contribution in [2.45, 2.75) is 27.7 Å². The van der Waals surface area contributed by atoms with E-state index in [1.807, 2.05) is 24.3 Å². The first-order chi connectivity index (χ1) is 24.5. The summed E-state index contributed by atoms with van der Waals surface area (Å²) in [6, 6.07) is 46.2. The van der Waals surface area contributed by atoms with Gasteiger partial charge in [0, 0.05) is 21.9 Å². The van der Waals surface area contributed by atoms with Crippen LogP contribution in [0.15, 0.2) is 133 Å². The van der Waals surface area contributed by atoms with Gasteiger partial charge in [-0.25, -0.2) is 0 Å². The Labute approximate surface area is 295 Å². The number of benzene rings is 8. The molecule has 6 heteroatoms. The van der Waals surface area contributed by atoms with E-state index in [2.05, 4.69) is 137 Å². The average molecular weight is 691 g/mol. The summed E-state index contributed by atoms with van der Waals surface area (Å²) in [7, 11) is -0.531. The highest BCUT2D eigenvalue weighted by molar-refractivity contribution is 7.27. The average Bonchev–Trinajstić information content (AvgIpc) is 3.14. The highest BCUT2D eigenvalue weighted by Crippen LogP contribution is 2.51. The quantitative estimate of drug-likeness (QED) is 0.141. The predicted molar refractivity (Wildman–Crippen MR) is 213 cm³/mol. The van der Waals surface area contributed by atoms with E-state index in [1.165, 1.54) is 21.9 Å². The van der Waals surface area contributed by atoms with Crippen molar-refractivity contribution in [3.63, 3.8) is 0 Å². The fraction of sp³-hybridized carbons (Fsp3) is 0.0909. The molecule has 0 fully saturated rings. The van der Waals surface area contributed by atoms with Gasteiger partial charge >= 0.3 is 0 Å². The molecule has 0 aliphatic carbocycles. The topological polar surface area (TPSA) is 36.9 Å². The molecule has 8 aromatic rings. The van der Waals surface area contributed by atoms with E-state index in [0.717, 1.165) is 77.6 Å². The molecule has 2 atom stereocenters. The molecule has 0 radical (unpaired) electrons. The Morgan fingerprint density at radius 3 is 1.12 bits per heavy atom. The summed E-state index contributed by atoms with van der Waals surface area (Å²) in [5.41, 5.74) is 6.42. The molecule has 0 saturated heterocycles. The molecule has 0 aliphatic heterocycles. The summed E-state index contributed by atoms with van der Waals surface area (Å²) in [6.45, 7) is 8.44. The second-order valence-electron chi connectivity index (χ2n) is 12.7. The first-order valence-corrected chi connectivity index (χ1v) is 18.3. The first kappa shape index (κ1) is 32.1. The van der Waals surface area contributed by atoms with Crippen molar-refractivity contribution in [1.29, 1.82) is 0 Å². The predicted octanol–water partition coefficient (Wildman–Crippen LogP) is 13.1. The van der Waals surface area contributed by atoms with Gasteiger partial charge in [0.1, 0.15) is 23.0 Å². The van der Waals surface area contributed by atoms with E-state index in [1.54, 1.807) is 0 Å². The summed E-state index contributed by atoms with van der Waals surface area (Å²) in [6.07, 6.45) is 0. The Hall–Kier alpha value is -5.14. The molecule has 0 aromatic heterocycles. The maximum atomic E-state index is 6.71. The minimum absolute atomic E-state index is 0.265. The Kier molecular flexibility index (Phi) is 8.75. The van der Waals surface area contributed by atoms with Crippen LogP contribution in [0.25, 0.3) is 54.2 Å². The van der Waals surface area contributed by atoms with Crippen molar-refractivity contribution >= 4 is 61.2 Å². The Morgan fingerprint density at radius 2 is 0.700 bits per heavy atom. The lowest BCUT2D eigenvalue weighted by Crippen LogP contribution is -1.98. The fourth-order valence-corrected chi connectivity index (χ4v) is 8.25. The lowest BCUT2D eigenvalue weighted by molar-refractivity contribution is 0.513. The third kappa shape index (κ3) is 5.90. The Bertz CT molecular complexity index is 2380. The zero-order chi connectivity index (χ0) is 34.2. The van der Waals surface area contributed by atoms with Crippen LogP contribution in [0.4, 0.5) is 0 Å². The molecule has 0 spiro atoms. The summed E-state index contributed by atoms with van der Waals surface area (Å²) >= 11 is 0. The van der Waals surface area contributed by atoms with Gasteiger partial charge in [0.05, 0.1) is 0 Å². The van der Waals surface area contributed by atoms with Crippen LogP contribution in [0.5, 0.6) is 23.0 Å². The number of rotatable bonds is 9. The standard InChI is InChI=1S/C44H36O4P2/c1-27-21-23-39(37-19-11-9-15-33(27)37)45-49-47-43-29(3)25-31-13-5-7-17-35(31)41(43)42-36-18-8-6-14-32(36)26-30(4)44(42)48-50-46-40-24-22-28(2)34-16-10-12-20-38(34)40/h5-26,49-50H,1-4H3. The van der Waals surface area contributed by atoms with Crippen molar-refractivity contribution in [3.8, 4) is 34.1 Å². The van der Waals surface area contributed by atoms with Gasteiger partial charge in [0.25, 0.3) is 18.1 Å². The second kappa shape index (κ2) is 13.6. The van der Waals surface area contributed by atoms with Crippen LogP contribution in [-0.2, 0) is 0 Å². The van der Waals surface area contributed by atoms with Gasteiger partial charge in [-0.15, -0.1) is 0 Å². The van der Waals surface area contributed by atoms with Crippen molar-refractivity contribution in [3.05, 3.63) is 156 Å². The molecule has 8 rings (SSSR count). The third-order valence-corrected chi connectivity index (χ3v) is 10.6. The Morgan fingerprint density at radius 1 is 0.340 bits per heavy atom. The minimum atomic E-state index is -0.265. The van der Waals surface area contributed by atoms with Gasteiger partial charge < -0.3 is 18.1 Å². The minimum Gasteiger partial charge on any atom is -0.440 e. The summed E-state index contributed by atoms with van der Waals surface area (Å²) in [4.78, 5) is 0. The molecule has 0 amide bonds. The highest BCUT2D eigenvalue weighted by Gasteiger charge is 2.23. The smallest absolute Gasteiger partial charge is 0.275 e. The van der Waals surface area contributed by atoms with E-state index in [4.69, 9.17) is 18.1 Å². The van der Waals surface area contributed by atoms with E-state index in [9.17, 15) is 0 Å². The van der Waals surface area contributed by atoms with Gasteiger partial charge in [-0.3, -0.25) is 0 Å². The number of aryl methyl sites for hydroxylation is 4. The lowest BCUT2D eigenvalue weighted by atomic mass is 9.89. The van der Waals surface area contributed by atoms with Crippen LogP contribution in [0.3, 0.4) is 0 Å². The molecule has 0 N–H and O–H groups in total. The second-order valence-corrected chi connectivity index (χ2v) is 13.8. The van der Waals surface area contributed by atoms with Gasteiger partial charge in [0.2, 0.25) is 0 Å². The maximum Gasteiger partial charge on any atom is 0.275 e. The summed E-state index contributed by atoms with van der Waals surface area (Å²) in [5.74, 6) is 3.15. The van der Waals surface area contributed by atoms with E-state index < -0.39 is 0 Å². The molecule has 0 saturated carbocycles. The van der Waals surface area contributed by atoms with Gasteiger partial charge in [0.15, 0.2) is 0 Å². The molecule has 0 aliphatic rings. The van der Waals surface area contributed by atoms with Crippen molar-refractivity contribution in [2.75, 3.05) is 0 Å². The maximum absolute atomic E-state index is 6.71. The summed E-state index contributed by atoms with van der Waals surface area (Å²) < 4.78 is 26.2. The van der Waals surface area contributed by atoms with Crippen LogP contribution >= 0.6 is 18.1 Å². The zero-order valence-corrected chi connectivity index (χ0v) is 30.3. The Balaban J connectivity index is 1.22. The molecule has 0 bridgehead atoms. The molecule has 246 valence electrons. The first-order valence-electron chi connectivity index (χ1n) is 16.7. The van der Waals surface area contributed by atoms with Crippen LogP contribution in [-0.4, -0.2) is 0 Å². The highest BCUT2D eigenvalue weighted by atomic mass is 31.1. The molecular weight excluding hydrogens is 654 g/mol. The van der Waals surface area contributed by atoms with Crippen molar-refractivity contribution in [1.82, 2.24) is 0 Å². The summed E-state index contributed by atoms with van der Waals surface area (Å²) in [5, 5.41) is 8.90. The van der Waals surface area contributed by atoms with E-state index in [-0.39, 0.29) is 18.1 Å². The van der Waals surface area contributed by atoms with Crippen LogP contribution < -0.4 is 18.1 Å². The molecule has 4 nitrogen and oxygen atoms in total. The molecule has 50 heavy (non-hydrogen) atoms. The molecular formula is C44H36O4P2. The van der Waals surface area contributed by atoms with Gasteiger partial charge in [-0.1, -0.05) is 109 Å². The molecule has 2 unspecified atom stereocenters. The van der Waals surface area contributed by atoms with Crippen molar-refractivity contribution < 1.29 is 18.1 Å². The van der Waals surface area contributed by atoms with Crippen molar-refractivity contribution in [2.24, 2.45) is 0 Å². The zero-order valence-electron chi connectivity index (χ0n) is 28.3. The SMILES string of the molecule is Cc1cc2ccccc2c(-c2c(OPOc3ccc(C)c4ccccc34)c(C)cc3ccccc23)c1OPOc1ccc(C)c2ccccc12. The van der Waals surface area contributed by atoms with Crippen LogP contribution in [0.2, 0.25) is 0 Å². The van der Waals surface area contributed by atoms with E-state index >= 15 is 0 Å². The number of fused-ring (bicyclic) bond motifs is 4. The van der Waals surface area contributed by atoms with Crippen LogP contribution in [0.1, 0.15) is 22.3 Å². The fourth-order valence-electron chi connectivity index (χ4n) is 6.93. The third-order valence-electron chi connectivity index (χ3n) is 9.42. The van der Waals surface area contributed by atoms with Gasteiger partial charge in [-0.2, -0.15) is 0 Å². The van der Waals surface area contributed by atoms with E-state index in [0.29, 0.717) is 0 Å². The molecule has 0 heterocycles.